The molecule has 4 aromatic rings. The maximum atomic E-state index is 14.1. The minimum absolute atomic E-state index is 0.0923. The number of fused-ring (bicyclic) bond motifs is 1. The van der Waals surface area contributed by atoms with Gasteiger partial charge in [-0.05, 0) is 44.0 Å². The second-order valence-corrected chi connectivity index (χ2v) is 10.1. The van der Waals surface area contributed by atoms with E-state index in [-0.39, 0.29) is 5.95 Å². The third-order valence-electron chi connectivity index (χ3n) is 5.93. The molecule has 2 aromatic carbocycles. The van der Waals surface area contributed by atoms with E-state index in [0.717, 1.165) is 10.0 Å². The number of hydrogen-bond acceptors (Lipinski definition) is 7. The van der Waals surface area contributed by atoms with Gasteiger partial charge >= 0.3 is 0 Å². The number of rotatable bonds is 7. The average molecular weight is 558 g/mol. The van der Waals surface area contributed by atoms with Crippen molar-refractivity contribution in [1.82, 2.24) is 24.5 Å². The number of hydrogen-bond donors (Lipinski definition) is 1. The second-order valence-electron chi connectivity index (χ2n) is 9.23. The molecule has 36 heavy (non-hydrogen) atoms. The Morgan fingerprint density at radius 1 is 0.972 bits per heavy atom. The number of para-hydroxylation sites is 2. The van der Waals surface area contributed by atoms with E-state index >= 15 is 0 Å². The lowest BCUT2D eigenvalue weighted by Gasteiger charge is -2.29. The molecule has 5 rings (SSSR count). The second kappa shape index (κ2) is 10.1. The molecule has 0 atom stereocenters. The van der Waals surface area contributed by atoms with E-state index in [9.17, 15) is 8.78 Å². The van der Waals surface area contributed by atoms with Gasteiger partial charge in [-0.25, -0.2) is 13.8 Å². The van der Waals surface area contributed by atoms with Crippen molar-refractivity contribution in [1.29, 1.82) is 0 Å². The lowest BCUT2D eigenvalue weighted by Crippen LogP contribution is -2.39. The molecule has 188 valence electrons. The molecule has 8 nitrogen and oxygen atoms in total. The van der Waals surface area contributed by atoms with Crippen LogP contribution in [-0.4, -0.2) is 56.3 Å². The fraction of sp³-hybridized carbons (Fsp3) is 0.360. The Kier molecular flexibility index (Phi) is 6.85. The Hall–Kier alpha value is -3.18. The van der Waals surface area contributed by atoms with Crippen molar-refractivity contribution < 1.29 is 13.5 Å². The lowest BCUT2D eigenvalue weighted by molar-refractivity contribution is 0.122. The Morgan fingerprint density at radius 3 is 2.42 bits per heavy atom. The van der Waals surface area contributed by atoms with Crippen LogP contribution >= 0.6 is 15.9 Å². The van der Waals surface area contributed by atoms with Crippen LogP contribution in [0.15, 0.2) is 53.0 Å². The van der Waals surface area contributed by atoms with E-state index in [4.69, 9.17) is 4.74 Å². The minimum atomic E-state index is -2.80. The molecule has 1 N–H and O–H groups in total. The topological polar surface area (TPSA) is 81.0 Å². The third-order valence-corrected chi connectivity index (χ3v) is 6.70. The molecule has 3 heterocycles. The largest absolute Gasteiger partial charge is 0.378 e. The smallest absolute Gasteiger partial charge is 0.296 e. The number of aromatic nitrogens is 5. The summed E-state index contributed by atoms with van der Waals surface area (Å²) in [4.78, 5) is 20.0. The molecule has 1 aliphatic heterocycles. The summed E-state index contributed by atoms with van der Waals surface area (Å²) in [6.07, 6.45) is -2.12. The fourth-order valence-electron chi connectivity index (χ4n) is 4.28. The van der Waals surface area contributed by atoms with Crippen molar-refractivity contribution in [2.75, 3.05) is 36.5 Å². The number of nitrogens with one attached hydrogen (secondary N) is 1. The van der Waals surface area contributed by atoms with Crippen LogP contribution in [0.4, 0.5) is 20.7 Å². The zero-order valence-electron chi connectivity index (χ0n) is 20.0. The summed E-state index contributed by atoms with van der Waals surface area (Å²) in [5, 5.41) is 3.41. The predicted molar refractivity (Wildman–Crippen MR) is 138 cm³/mol. The molecular weight excluding hydrogens is 532 g/mol. The maximum absolute atomic E-state index is 14.1. The number of benzene rings is 2. The molecule has 0 saturated carbocycles. The summed E-state index contributed by atoms with van der Waals surface area (Å²) in [5.41, 5.74) is 1.63. The molecule has 2 aromatic heterocycles. The number of ether oxygens (including phenoxy) is 1. The molecule has 11 heteroatoms. The van der Waals surface area contributed by atoms with E-state index < -0.39 is 17.8 Å². The first-order valence-corrected chi connectivity index (χ1v) is 12.5. The SMILES string of the molecule is CC(C)(Cc1ccccc1Br)Nc1nc(N2CCOCC2)nc(-n2c(C(F)F)nc3ccccc32)n1. The number of nitrogens with zero attached hydrogens (tertiary/aromatic N) is 6. The highest BCUT2D eigenvalue weighted by atomic mass is 79.9. The monoisotopic (exact) mass is 557 g/mol. The van der Waals surface area contributed by atoms with Gasteiger partial charge in [0.25, 0.3) is 6.43 Å². The fourth-order valence-corrected chi connectivity index (χ4v) is 4.71. The van der Waals surface area contributed by atoms with Gasteiger partial charge in [0.05, 0.1) is 24.2 Å². The highest BCUT2D eigenvalue weighted by Gasteiger charge is 2.26. The molecule has 1 saturated heterocycles. The van der Waals surface area contributed by atoms with Crippen LogP contribution in [0.5, 0.6) is 0 Å². The van der Waals surface area contributed by atoms with Gasteiger partial charge < -0.3 is 15.0 Å². The van der Waals surface area contributed by atoms with Gasteiger partial charge in [0.1, 0.15) is 0 Å². The molecule has 0 bridgehead atoms. The van der Waals surface area contributed by atoms with Gasteiger partial charge in [0.15, 0.2) is 5.82 Å². The standard InChI is InChI=1S/C25H26BrF2N7O/c1-25(2,15-16-7-3-4-8-17(16)26)33-22-30-23(34-11-13-36-14-12-34)32-24(31-22)35-19-10-6-5-9-18(19)29-21(35)20(27)28/h3-10,20H,11-15H2,1-2H3,(H,30,31,32,33). The first-order chi connectivity index (χ1) is 17.3. The molecule has 1 aliphatic rings. The summed E-state index contributed by atoms with van der Waals surface area (Å²) >= 11 is 3.61. The molecule has 0 amide bonds. The third kappa shape index (κ3) is 5.17. The predicted octanol–water partition coefficient (Wildman–Crippen LogP) is 5.18. The number of alkyl halides is 2. The average Bonchev–Trinajstić information content (AvgIpc) is 3.26. The Balaban J connectivity index is 1.59. The van der Waals surface area contributed by atoms with Gasteiger partial charge in [-0.15, -0.1) is 0 Å². The Bertz CT molecular complexity index is 1370. The molecule has 0 aliphatic carbocycles. The van der Waals surface area contributed by atoms with Crippen molar-refractivity contribution in [3.05, 3.63) is 64.4 Å². The van der Waals surface area contributed by atoms with Crippen molar-refractivity contribution in [2.24, 2.45) is 0 Å². The lowest BCUT2D eigenvalue weighted by atomic mass is 9.95. The van der Waals surface area contributed by atoms with Crippen LogP contribution in [0.3, 0.4) is 0 Å². The number of morpholine rings is 1. The van der Waals surface area contributed by atoms with E-state index in [2.05, 4.69) is 47.2 Å². The van der Waals surface area contributed by atoms with Crippen LogP contribution in [0.25, 0.3) is 17.0 Å². The van der Waals surface area contributed by atoms with Gasteiger partial charge in [-0.1, -0.05) is 46.3 Å². The Morgan fingerprint density at radius 2 is 1.67 bits per heavy atom. The van der Waals surface area contributed by atoms with E-state index in [1.807, 2.05) is 36.9 Å². The van der Waals surface area contributed by atoms with Gasteiger partial charge in [-0.2, -0.15) is 15.0 Å². The quantitative estimate of drug-likeness (QED) is 0.335. The molecule has 1 fully saturated rings. The van der Waals surface area contributed by atoms with Gasteiger partial charge in [0, 0.05) is 23.1 Å². The summed E-state index contributed by atoms with van der Waals surface area (Å²) < 4.78 is 35.9. The zero-order valence-corrected chi connectivity index (χ0v) is 21.5. The van der Waals surface area contributed by atoms with E-state index in [1.165, 1.54) is 4.57 Å². The highest BCUT2D eigenvalue weighted by molar-refractivity contribution is 9.10. The maximum Gasteiger partial charge on any atom is 0.296 e. The molecule has 0 radical (unpaired) electrons. The van der Waals surface area contributed by atoms with Crippen molar-refractivity contribution in [3.8, 4) is 5.95 Å². The van der Waals surface area contributed by atoms with Gasteiger partial charge in [-0.3, -0.25) is 4.57 Å². The minimum Gasteiger partial charge on any atom is -0.378 e. The molecule has 0 unspecified atom stereocenters. The van der Waals surface area contributed by atoms with E-state index in [0.29, 0.717) is 55.7 Å². The van der Waals surface area contributed by atoms with Crippen molar-refractivity contribution in [2.45, 2.75) is 32.2 Å². The Labute approximate surface area is 215 Å². The van der Waals surface area contributed by atoms with Crippen LogP contribution in [0.2, 0.25) is 0 Å². The summed E-state index contributed by atoms with van der Waals surface area (Å²) in [6.45, 7) is 6.34. The van der Waals surface area contributed by atoms with Crippen molar-refractivity contribution in [3.63, 3.8) is 0 Å². The van der Waals surface area contributed by atoms with Crippen LogP contribution < -0.4 is 10.2 Å². The highest BCUT2D eigenvalue weighted by Crippen LogP contribution is 2.29. The van der Waals surface area contributed by atoms with Crippen LogP contribution in [-0.2, 0) is 11.2 Å². The van der Waals surface area contributed by atoms with E-state index in [1.54, 1.807) is 24.3 Å². The number of imidazole rings is 1. The first kappa shape index (κ1) is 24.5. The zero-order chi connectivity index (χ0) is 25.3. The van der Waals surface area contributed by atoms with Crippen molar-refractivity contribution >= 4 is 38.9 Å². The van der Waals surface area contributed by atoms with Crippen LogP contribution in [0.1, 0.15) is 31.7 Å². The molecular formula is C25H26BrF2N7O. The number of halogens is 3. The van der Waals surface area contributed by atoms with Crippen LogP contribution in [0, 0.1) is 0 Å². The molecule has 0 spiro atoms. The summed E-state index contributed by atoms with van der Waals surface area (Å²) in [7, 11) is 0. The normalized spacial score (nSPS) is 14.6. The summed E-state index contributed by atoms with van der Waals surface area (Å²) in [6, 6.07) is 15.0. The number of anilines is 2. The van der Waals surface area contributed by atoms with Gasteiger partial charge in [0.2, 0.25) is 17.8 Å². The first-order valence-electron chi connectivity index (χ1n) is 11.7. The summed E-state index contributed by atoms with van der Waals surface area (Å²) in [5.74, 6) is 0.389.